The highest BCUT2D eigenvalue weighted by Gasteiger charge is 2.10. The van der Waals surface area contributed by atoms with Crippen molar-refractivity contribution >= 4 is 42.4 Å². The monoisotopic (exact) mass is 612 g/mol. The van der Waals surface area contributed by atoms with Gasteiger partial charge in [0.05, 0.1) is 0 Å². The van der Waals surface area contributed by atoms with Gasteiger partial charge in [0.25, 0.3) is 0 Å². The molecule has 0 amide bonds. The lowest BCUT2D eigenvalue weighted by Gasteiger charge is -2.10. The van der Waals surface area contributed by atoms with Gasteiger partial charge < -0.3 is 10.6 Å². The molecule has 3 nitrogen and oxygen atoms in total. The van der Waals surface area contributed by atoms with E-state index in [0.717, 1.165) is 47.1 Å². The summed E-state index contributed by atoms with van der Waals surface area (Å²) >= 11 is 8.56. The third kappa shape index (κ3) is 18.2. The van der Waals surface area contributed by atoms with Crippen LogP contribution in [0.2, 0.25) is 0 Å². The molecular formula is C37H60N2OS2. The number of carbonyl (C=O) groups excluding carboxylic acids is 1. The van der Waals surface area contributed by atoms with E-state index in [0.29, 0.717) is 0 Å². The van der Waals surface area contributed by atoms with Crippen LogP contribution in [0.4, 0.5) is 11.4 Å². The van der Waals surface area contributed by atoms with Crippen LogP contribution in [0.3, 0.4) is 0 Å². The number of hydrogen-bond acceptors (Lipinski definition) is 5. The molecule has 0 aliphatic carbocycles. The van der Waals surface area contributed by atoms with E-state index in [1.165, 1.54) is 128 Å². The second-order valence-electron chi connectivity index (χ2n) is 11.9. The lowest BCUT2D eigenvalue weighted by molar-refractivity contribution is 0.103. The summed E-state index contributed by atoms with van der Waals surface area (Å²) in [6, 6.07) is 15.9. The molecule has 0 aromatic heterocycles. The summed E-state index contributed by atoms with van der Waals surface area (Å²) in [4.78, 5) is 13.2. The van der Waals surface area contributed by atoms with Crippen molar-refractivity contribution in [3.63, 3.8) is 0 Å². The van der Waals surface area contributed by atoms with Crippen molar-refractivity contribution in [2.45, 2.75) is 128 Å². The molecule has 2 aromatic rings. The number of carbonyl (C=O) groups is 1. The van der Waals surface area contributed by atoms with E-state index in [9.17, 15) is 4.79 Å². The number of anilines is 2. The lowest BCUT2D eigenvalue weighted by Crippen LogP contribution is -2.06. The van der Waals surface area contributed by atoms with E-state index >= 15 is 0 Å². The summed E-state index contributed by atoms with van der Waals surface area (Å²) < 4.78 is 0. The van der Waals surface area contributed by atoms with Crippen molar-refractivity contribution < 1.29 is 4.79 Å². The highest BCUT2D eigenvalue weighted by atomic mass is 32.1. The Morgan fingerprint density at radius 1 is 0.452 bits per heavy atom. The molecule has 0 bridgehead atoms. The van der Waals surface area contributed by atoms with Gasteiger partial charge in [-0.25, -0.2) is 0 Å². The van der Waals surface area contributed by atoms with Crippen molar-refractivity contribution in [2.24, 2.45) is 0 Å². The van der Waals surface area contributed by atoms with E-state index in [1.807, 2.05) is 36.4 Å². The zero-order valence-corrected chi connectivity index (χ0v) is 28.2. The number of thiol groups is 2. The van der Waals surface area contributed by atoms with E-state index < -0.39 is 0 Å². The Labute approximate surface area is 269 Å². The van der Waals surface area contributed by atoms with E-state index in [1.54, 1.807) is 0 Å². The molecule has 0 radical (unpaired) electrons. The van der Waals surface area contributed by atoms with Gasteiger partial charge >= 0.3 is 0 Å². The minimum Gasteiger partial charge on any atom is -0.385 e. The molecule has 2 rings (SSSR count). The molecular weight excluding hydrogens is 553 g/mol. The largest absolute Gasteiger partial charge is 0.385 e. The molecule has 0 saturated heterocycles. The average molecular weight is 613 g/mol. The topological polar surface area (TPSA) is 41.1 Å². The number of nitrogens with one attached hydrogen (secondary N) is 2. The summed E-state index contributed by atoms with van der Waals surface area (Å²) in [6.07, 6.45) is 26.4. The molecule has 42 heavy (non-hydrogen) atoms. The zero-order valence-electron chi connectivity index (χ0n) is 26.4. The normalized spacial score (nSPS) is 11.1. The van der Waals surface area contributed by atoms with Crippen molar-refractivity contribution in [2.75, 3.05) is 35.2 Å². The van der Waals surface area contributed by atoms with Crippen LogP contribution >= 0.6 is 25.3 Å². The van der Waals surface area contributed by atoms with Gasteiger partial charge in [-0.1, -0.05) is 127 Å². The summed E-state index contributed by atoms with van der Waals surface area (Å²) in [5.74, 6) is 2.13. The van der Waals surface area contributed by atoms with Gasteiger partial charge in [-0.05, 0) is 61.5 Å². The lowest BCUT2D eigenvalue weighted by atomic mass is 10.0. The third-order valence-corrected chi connectivity index (χ3v) is 8.71. The number of rotatable bonds is 28. The maximum atomic E-state index is 13.2. The Hall–Kier alpha value is -1.59. The summed E-state index contributed by atoms with van der Waals surface area (Å²) in [7, 11) is 0. The number of benzene rings is 2. The van der Waals surface area contributed by atoms with Crippen molar-refractivity contribution in [1.29, 1.82) is 0 Å². The molecule has 0 saturated carbocycles. The first-order chi connectivity index (χ1) is 20.7. The predicted octanol–water partition coefficient (Wildman–Crippen LogP) is 11.4. The smallest absolute Gasteiger partial charge is 0.193 e. The molecule has 236 valence electrons. The van der Waals surface area contributed by atoms with Crippen LogP contribution in [0.25, 0.3) is 0 Å². The van der Waals surface area contributed by atoms with Crippen LogP contribution in [-0.2, 0) is 0 Å². The van der Waals surface area contributed by atoms with E-state index in [2.05, 4.69) is 48.0 Å². The molecule has 0 heterocycles. The van der Waals surface area contributed by atoms with Crippen molar-refractivity contribution in [3.05, 3.63) is 59.7 Å². The molecule has 0 fully saturated rings. The second-order valence-corrected chi connectivity index (χ2v) is 12.8. The van der Waals surface area contributed by atoms with Gasteiger partial charge in [-0.3, -0.25) is 4.79 Å². The second kappa shape index (κ2) is 25.9. The molecule has 0 unspecified atom stereocenters. The van der Waals surface area contributed by atoms with Crippen LogP contribution in [0.5, 0.6) is 0 Å². The maximum absolute atomic E-state index is 13.2. The molecule has 0 spiro atoms. The van der Waals surface area contributed by atoms with Gasteiger partial charge in [0.1, 0.15) is 0 Å². The van der Waals surface area contributed by atoms with Gasteiger partial charge in [-0.15, -0.1) is 0 Å². The fourth-order valence-electron chi connectivity index (χ4n) is 5.47. The van der Waals surface area contributed by atoms with Crippen molar-refractivity contribution in [1.82, 2.24) is 0 Å². The highest BCUT2D eigenvalue weighted by molar-refractivity contribution is 7.80. The standard InChI is InChI=1S/C37H60N2OS2/c40-37(33-23-21-25-35(31-33)38-27-17-13-9-5-1-3-7-11-15-19-29-41)34-24-22-26-36(32-34)39-28-18-14-10-6-2-4-8-12-16-20-30-42/h21-26,31-32,38-39,41-42H,1-20,27-30H2. The molecule has 0 aliphatic heterocycles. The van der Waals surface area contributed by atoms with Gasteiger partial charge in [-0.2, -0.15) is 25.3 Å². The Bertz CT molecular complexity index is 862. The Morgan fingerprint density at radius 2 is 0.762 bits per heavy atom. The SMILES string of the molecule is O=C(c1cccc(NCCCCCCCCCCCCS)c1)c1cccc(NCCCCCCCCCCCCS)c1. The molecule has 2 aromatic carbocycles. The quantitative estimate of drug-likeness (QED) is 0.0439. The van der Waals surface area contributed by atoms with Gasteiger partial charge in [0, 0.05) is 35.6 Å². The Kier molecular flexibility index (Phi) is 22.5. The maximum Gasteiger partial charge on any atom is 0.193 e. The zero-order chi connectivity index (χ0) is 29.9. The summed E-state index contributed by atoms with van der Waals surface area (Å²) in [5, 5.41) is 7.05. The molecule has 2 N–H and O–H groups in total. The molecule has 0 aliphatic rings. The fourth-order valence-corrected chi connectivity index (χ4v) is 5.92. The first-order valence-corrected chi connectivity index (χ1v) is 18.5. The van der Waals surface area contributed by atoms with Crippen molar-refractivity contribution in [3.8, 4) is 0 Å². The minimum absolute atomic E-state index is 0.0820. The molecule has 5 heteroatoms. The van der Waals surface area contributed by atoms with Crippen LogP contribution in [-0.4, -0.2) is 30.4 Å². The summed E-state index contributed by atoms with van der Waals surface area (Å²) in [5.41, 5.74) is 3.55. The average Bonchev–Trinajstić information content (AvgIpc) is 3.02. The number of hydrogen-bond donors (Lipinski definition) is 4. The fraction of sp³-hybridized carbons (Fsp3) is 0.649. The van der Waals surface area contributed by atoms with Crippen LogP contribution < -0.4 is 10.6 Å². The first-order valence-electron chi connectivity index (χ1n) is 17.2. The number of unbranched alkanes of at least 4 members (excludes halogenated alkanes) is 18. The Balaban J connectivity index is 1.58. The minimum atomic E-state index is 0.0820. The Morgan fingerprint density at radius 3 is 1.10 bits per heavy atom. The van der Waals surface area contributed by atoms with Gasteiger partial charge in [0.2, 0.25) is 0 Å². The highest BCUT2D eigenvalue weighted by Crippen LogP contribution is 2.19. The predicted molar refractivity (Wildman–Crippen MR) is 193 cm³/mol. The summed E-state index contributed by atoms with van der Waals surface area (Å²) in [6.45, 7) is 1.91. The molecule has 0 atom stereocenters. The van der Waals surface area contributed by atoms with Crippen LogP contribution in [0.15, 0.2) is 48.5 Å². The van der Waals surface area contributed by atoms with E-state index in [-0.39, 0.29) is 5.78 Å². The first kappa shape index (κ1) is 36.6. The number of ketones is 1. The van der Waals surface area contributed by atoms with E-state index in [4.69, 9.17) is 0 Å². The van der Waals surface area contributed by atoms with Gasteiger partial charge in [0.15, 0.2) is 5.78 Å². The van der Waals surface area contributed by atoms with Crippen LogP contribution in [0.1, 0.15) is 144 Å². The third-order valence-electron chi connectivity index (χ3n) is 8.08. The van der Waals surface area contributed by atoms with Crippen LogP contribution in [0, 0.1) is 0 Å².